The highest BCUT2D eigenvalue weighted by Gasteiger charge is 2.37. The number of nitrogen functional groups attached to an aromatic ring is 1. The number of amides is 6. The van der Waals surface area contributed by atoms with Crippen LogP contribution in [-0.4, -0.2) is 139 Å². The number of rotatable bonds is 11. The summed E-state index contributed by atoms with van der Waals surface area (Å²) in [4.78, 5) is 161. The number of aryl methyl sites for hydroxylation is 2. The van der Waals surface area contributed by atoms with Crippen molar-refractivity contribution in [2.75, 3.05) is 54.6 Å². The van der Waals surface area contributed by atoms with E-state index in [4.69, 9.17) is 55.6 Å². The molecule has 15 rings (SSSR count). The smallest absolute Gasteiger partial charge is 0.412 e. The van der Waals surface area contributed by atoms with E-state index in [-0.39, 0.29) is 72.0 Å². The van der Waals surface area contributed by atoms with Crippen molar-refractivity contribution < 1.29 is 81.8 Å². The summed E-state index contributed by atoms with van der Waals surface area (Å²) in [6, 6.07) is 36.8. The van der Waals surface area contributed by atoms with Crippen LogP contribution in [0.25, 0.3) is 10.8 Å². The van der Waals surface area contributed by atoms with E-state index < -0.39 is 22.2 Å². The van der Waals surface area contributed by atoms with Crippen LogP contribution in [0.15, 0.2) is 132 Å². The first-order chi connectivity index (χ1) is 56.8. The number of hydrogen-bond acceptors (Lipinski definition) is 23. The Morgan fingerprint density at radius 2 is 1.06 bits per heavy atom. The van der Waals surface area contributed by atoms with Gasteiger partial charge in [-0.15, -0.1) is 56.9 Å². The predicted molar refractivity (Wildman–Crippen MR) is 454 cm³/mol. The van der Waals surface area contributed by atoms with Crippen molar-refractivity contribution in [1.82, 2.24) is 19.6 Å². The van der Waals surface area contributed by atoms with Crippen LogP contribution in [0.3, 0.4) is 0 Å². The number of nitro groups is 1. The molecule has 31 heteroatoms. The Morgan fingerprint density at radius 3 is 1.54 bits per heavy atom. The summed E-state index contributed by atoms with van der Waals surface area (Å²) in [5.74, 6) is 1.17. The number of hydrogen-bond donors (Lipinski definition) is 3. The molecule has 0 saturated heterocycles. The molecule has 119 heavy (non-hydrogen) atoms. The van der Waals surface area contributed by atoms with Crippen LogP contribution in [0.5, 0.6) is 5.75 Å². The lowest BCUT2D eigenvalue weighted by Crippen LogP contribution is -2.39. The molecule has 628 valence electrons. The lowest BCUT2D eigenvalue weighted by atomic mass is 9.92. The second-order valence-electron chi connectivity index (χ2n) is 30.6. The van der Waals surface area contributed by atoms with Crippen LogP contribution in [0.4, 0.5) is 32.3 Å². The fourth-order valence-electron chi connectivity index (χ4n) is 14.1. The fraction of sp³-hybridized carbons (Fsp3) is 0.386. The van der Waals surface area contributed by atoms with Crippen molar-refractivity contribution >= 4 is 151 Å². The molecule has 0 bridgehead atoms. The number of ether oxygens (including phenoxy) is 2. The van der Waals surface area contributed by atoms with Gasteiger partial charge in [-0.2, -0.15) is 28.8 Å². The SMILES string of the molecule is CC(C)(C)OC(=O)Nc1ccc(CC(=O)N2CCc3sccc3C2)cc1.CCc1cc2c(s1)CCN(C(=O)OC(C)(C)C)C2.Cc1cccc2c(O)cc3c(c12)[C@H](CCl)CN3C(=O)c1cc2c(s1)CCN(C(=O)Cc1ccc(N)cc1)C2.O=C(Cc1ccc([N+](=O)[O-])cc1)N1CCc2sccc2C1.O=C1CCCCC1.O=C=O.O=C=O.O=C=O. The highest BCUT2D eigenvalue weighted by Crippen LogP contribution is 2.47. The number of nitrogens with zero attached hydrogens (tertiary/aromatic N) is 6. The molecule has 4 N–H and O–H groups in total. The van der Waals surface area contributed by atoms with Crippen molar-refractivity contribution in [2.45, 2.75) is 182 Å². The van der Waals surface area contributed by atoms with Crippen molar-refractivity contribution in [2.24, 2.45) is 0 Å². The highest BCUT2D eigenvalue weighted by molar-refractivity contribution is 7.14. The molecule has 9 aromatic rings. The number of fused-ring (bicyclic) bond motifs is 7. The van der Waals surface area contributed by atoms with Crippen molar-refractivity contribution in [3.05, 3.63) is 222 Å². The van der Waals surface area contributed by atoms with E-state index in [0.29, 0.717) is 80.0 Å². The van der Waals surface area contributed by atoms with Crippen LogP contribution < -0.4 is 16.0 Å². The fourth-order valence-corrected chi connectivity index (χ4v) is 18.3. The quantitative estimate of drug-likeness (QED) is 0.0468. The molecule has 1 atom stereocenters. The zero-order valence-electron chi connectivity index (χ0n) is 67.7. The maximum absolute atomic E-state index is 13.8. The summed E-state index contributed by atoms with van der Waals surface area (Å²) in [5, 5.41) is 30.0. The van der Waals surface area contributed by atoms with Crippen LogP contribution in [0.2, 0.25) is 0 Å². The third kappa shape index (κ3) is 27.4. The van der Waals surface area contributed by atoms with Gasteiger partial charge in [0.15, 0.2) is 0 Å². The number of phenols is 1. The van der Waals surface area contributed by atoms with Crippen LogP contribution in [-0.2, 0) is 135 Å². The lowest BCUT2D eigenvalue weighted by Gasteiger charge is -2.29. The molecule has 0 radical (unpaired) electrons. The largest absolute Gasteiger partial charge is 0.507 e. The predicted octanol–water partition coefficient (Wildman–Crippen LogP) is 16.0. The third-order valence-corrected chi connectivity index (χ3v) is 24.8. The van der Waals surface area contributed by atoms with Gasteiger partial charge in [0, 0.05) is 136 Å². The summed E-state index contributed by atoms with van der Waals surface area (Å²) in [6.45, 7) is 21.3. The number of carbonyl (C=O) groups excluding carboxylic acids is 13. The minimum Gasteiger partial charge on any atom is -0.507 e. The number of thiophene rings is 4. The molecule has 6 aliphatic rings. The summed E-state index contributed by atoms with van der Waals surface area (Å²) in [7, 11) is 0. The van der Waals surface area contributed by atoms with Gasteiger partial charge in [-0.1, -0.05) is 67.9 Å². The Hall–Kier alpha value is -11.3. The molecule has 1 saturated carbocycles. The molecule has 1 aliphatic carbocycles. The molecule has 0 unspecified atom stereocenters. The first kappa shape index (κ1) is 93.2. The number of nitrogens with one attached hydrogen (secondary N) is 1. The number of nitro benzene ring substituents is 1. The Morgan fingerprint density at radius 1 is 0.597 bits per heavy atom. The summed E-state index contributed by atoms with van der Waals surface area (Å²) in [5.41, 5.74) is 16.5. The summed E-state index contributed by atoms with van der Waals surface area (Å²) < 4.78 is 10.6. The number of non-ortho nitro benzene ring substituents is 1. The van der Waals surface area contributed by atoms with Gasteiger partial charge in [0.2, 0.25) is 17.7 Å². The highest BCUT2D eigenvalue weighted by atomic mass is 35.5. The number of Topliss-reactive ketones (excluding diaryl/α,β-unsaturated/α-hetero) is 1. The van der Waals surface area contributed by atoms with Gasteiger partial charge in [0.25, 0.3) is 11.6 Å². The Bertz CT molecular complexity index is 5100. The van der Waals surface area contributed by atoms with Gasteiger partial charge in [0.1, 0.15) is 22.7 Å². The average molecular weight is 1720 g/mol. The minimum absolute atomic E-state index is 0.0177. The zero-order valence-corrected chi connectivity index (χ0v) is 71.7. The summed E-state index contributed by atoms with van der Waals surface area (Å²) >= 11 is 13.3. The van der Waals surface area contributed by atoms with E-state index in [2.05, 4.69) is 41.2 Å². The third-order valence-electron chi connectivity index (χ3n) is 19.8. The van der Waals surface area contributed by atoms with Crippen molar-refractivity contribution in [3.63, 3.8) is 0 Å². The number of phenolic OH excluding ortho intramolecular Hbond substituents is 1. The average Bonchev–Trinajstić information content (AvgIpc) is 1.60. The molecule has 6 amide bonds. The van der Waals surface area contributed by atoms with Crippen LogP contribution >= 0.6 is 56.9 Å². The molecule has 1 fully saturated rings. The van der Waals surface area contributed by atoms with E-state index in [1.54, 1.807) is 62.8 Å². The Labute approximate surface area is 711 Å². The molecular weight excluding hydrogens is 1620 g/mol. The van der Waals surface area contributed by atoms with Gasteiger partial charge in [-0.3, -0.25) is 39.4 Å². The Kier molecular flexibility index (Phi) is 34.8. The molecule has 5 aromatic carbocycles. The van der Waals surface area contributed by atoms with Crippen LogP contribution in [0.1, 0.15) is 171 Å². The molecule has 9 heterocycles. The van der Waals surface area contributed by atoms with Crippen LogP contribution in [0, 0.1) is 17.0 Å². The maximum atomic E-state index is 13.8. The molecule has 26 nitrogen and oxygen atoms in total. The first-order valence-corrected chi connectivity index (χ1v) is 42.7. The van der Waals surface area contributed by atoms with Gasteiger partial charge in [0.05, 0.1) is 41.3 Å². The number of halogens is 1. The van der Waals surface area contributed by atoms with Crippen molar-refractivity contribution in [1.29, 1.82) is 0 Å². The number of alkyl halides is 1. The van der Waals surface area contributed by atoms with Gasteiger partial charge >= 0.3 is 30.6 Å². The maximum Gasteiger partial charge on any atom is 0.412 e. The zero-order chi connectivity index (χ0) is 86.7. The lowest BCUT2D eigenvalue weighted by molar-refractivity contribution is -0.384. The first-order valence-electron chi connectivity index (χ1n) is 38.7. The molecule has 4 aromatic heterocycles. The number of anilines is 3. The van der Waals surface area contributed by atoms with E-state index in [0.717, 1.165) is 132 Å². The van der Waals surface area contributed by atoms with Gasteiger partial charge in [-0.05, 0) is 208 Å². The molecule has 5 aliphatic heterocycles. The number of ketones is 1. The molecule has 0 spiro atoms. The second kappa shape index (κ2) is 44.5. The van der Waals surface area contributed by atoms with Gasteiger partial charge < -0.3 is 44.8 Å². The minimum atomic E-state index is -0.535. The number of benzene rings is 5. The molecular formula is C88H97ClN8O18S4. The van der Waals surface area contributed by atoms with E-state index in [9.17, 15) is 48.8 Å². The Balaban J connectivity index is 0.000000192. The monoisotopic (exact) mass is 1720 g/mol. The van der Waals surface area contributed by atoms with E-state index in [1.807, 2.05) is 135 Å². The second-order valence-corrected chi connectivity index (χ2v) is 35.3. The topological polar surface area (TPSA) is 358 Å². The van der Waals surface area contributed by atoms with E-state index >= 15 is 0 Å². The van der Waals surface area contributed by atoms with Gasteiger partial charge in [-0.25, -0.2) is 9.59 Å². The van der Waals surface area contributed by atoms with E-state index in [1.165, 1.54) is 66.1 Å². The summed E-state index contributed by atoms with van der Waals surface area (Å²) in [6.07, 6.45) is 10.9. The number of aromatic hydroxyl groups is 1. The number of nitrogens with two attached hydrogens (primary N) is 1. The standard InChI is InChI=1S/C30H28ClN3O3S.C20H24N2O3S.C15H14N2O3S.C14H21NO2S.C6H10O.3CO2/c1-17-3-2-4-22-24(35)13-23-29(28(17)22)20(14-31)16-34(23)30(37)26-12-19-15-33(10-9-25(19)38-26)27(36)11-18-5-7-21(32)8-6-18;1-20(2,3)25-19(24)21-16-6-4-14(5-7-16)12-18(23)22-10-8-17-15(13-22)9-11-26-17;18-15(9-11-1-3-13(4-2-11)17(19)20)16-7-5-14-12(10-16)6-8-21-14;1-5-11-8-10-9-15(7-6-12(10)18-11)13(16)17-14(2,3)4;7-6-4-2-1-3-5-6;3*2-1-3/h2-8,12-13,20,35H,9-11,14-16,32H2,1H3;4-7,9,11H,8,10,12-13H2,1-3H3,(H,21,24);1-4,6,8H,5,7,9-10H2;8H,5-7,9H2,1-4H3;1-5H2;;;/t20-;;;;;;;/m1......./s1. The normalized spacial score (nSPS) is 14.6. The number of carbonyl (C=O) groups is 7. The van der Waals surface area contributed by atoms with Crippen molar-refractivity contribution in [3.8, 4) is 5.75 Å².